The summed E-state index contributed by atoms with van der Waals surface area (Å²) in [6, 6.07) is 7.11. The van der Waals surface area contributed by atoms with Gasteiger partial charge in [-0.2, -0.15) is 0 Å². The van der Waals surface area contributed by atoms with Crippen LogP contribution in [-0.4, -0.2) is 32.7 Å². The lowest BCUT2D eigenvalue weighted by Gasteiger charge is -2.09. The van der Waals surface area contributed by atoms with Crippen LogP contribution in [0.15, 0.2) is 24.3 Å². The van der Waals surface area contributed by atoms with E-state index in [1.807, 2.05) is 13.0 Å². The number of hydrogen-bond acceptors (Lipinski definition) is 5. The summed E-state index contributed by atoms with van der Waals surface area (Å²) in [7, 11) is 0. The molecule has 0 unspecified atom stereocenters. The number of carbonyl (C=O) groups is 1. The smallest absolute Gasteiger partial charge is 0.251 e. The lowest BCUT2D eigenvalue weighted by atomic mass is 10.1. The van der Waals surface area contributed by atoms with Gasteiger partial charge in [0.15, 0.2) is 5.82 Å². The Morgan fingerprint density at radius 1 is 1.39 bits per heavy atom. The molecule has 124 valence electrons. The zero-order valence-corrected chi connectivity index (χ0v) is 13.8. The molecule has 2 aromatic rings. The summed E-state index contributed by atoms with van der Waals surface area (Å²) in [6.07, 6.45) is 0.960. The number of benzene rings is 1. The number of nitrogens with zero attached hydrogens (tertiary/aromatic N) is 4. The molecule has 0 fully saturated rings. The Morgan fingerprint density at radius 2 is 2.22 bits per heavy atom. The minimum atomic E-state index is -0.0884. The first-order valence-electron chi connectivity index (χ1n) is 7.86. The zero-order valence-electron chi connectivity index (χ0n) is 13.8. The van der Waals surface area contributed by atoms with Gasteiger partial charge < -0.3 is 10.1 Å². The number of nitrogens with one attached hydrogen (secondary N) is 1. The van der Waals surface area contributed by atoms with Crippen molar-refractivity contribution in [2.24, 2.45) is 5.92 Å². The van der Waals surface area contributed by atoms with Crippen LogP contribution < -0.4 is 10.1 Å². The van der Waals surface area contributed by atoms with Crippen LogP contribution >= 0.6 is 0 Å². The van der Waals surface area contributed by atoms with Gasteiger partial charge in [0, 0.05) is 18.7 Å². The van der Waals surface area contributed by atoms with Crippen molar-refractivity contribution in [1.82, 2.24) is 25.5 Å². The third kappa shape index (κ3) is 5.05. The summed E-state index contributed by atoms with van der Waals surface area (Å²) in [4.78, 5) is 12.1. The molecule has 0 spiro atoms. The van der Waals surface area contributed by atoms with Gasteiger partial charge in [0.25, 0.3) is 5.91 Å². The van der Waals surface area contributed by atoms with Crippen LogP contribution in [-0.2, 0) is 13.2 Å². The van der Waals surface area contributed by atoms with Gasteiger partial charge in [0.2, 0.25) is 0 Å². The van der Waals surface area contributed by atoms with Gasteiger partial charge in [-0.15, -0.1) is 5.10 Å². The summed E-state index contributed by atoms with van der Waals surface area (Å²) >= 11 is 0. The second-order valence-electron chi connectivity index (χ2n) is 5.67. The third-order valence-corrected chi connectivity index (χ3v) is 3.38. The Labute approximate surface area is 136 Å². The summed E-state index contributed by atoms with van der Waals surface area (Å²) < 4.78 is 7.35. The largest absolute Gasteiger partial charge is 0.486 e. The van der Waals surface area contributed by atoms with Crippen molar-refractivity contribution in [3.05, 3.63) is 35.7 Å². The standard InChI is InChI=1S/C16H23N5O2/c1-4-21-15(18-19-20-21)11-23-14-7-5-6-13(10-14)16(22)17-9-8-12(2)3/h5-7,10,12H,4,8-9,11H2,1-3H3,(H,17,22). The van der Waals surface area contributed by atoms with Gasteiger partial charge in [0.1, 0.15) is 12.4 Å². The monoisotopic (exact) mass is 317 g/mol. The van der Waals surface area contributed by atoms with E-state index in [0.717, 1.165) is 6.42 Å². The fraction of sp³-hybridized carbons (Fsp3) is 0.500. The minimum Gasteiger partial charge on any atom is -0.486 e. The Bertz CT molecular complexity index is 639. The summed E-state index contributed by atoms with van der Waals surface area (Å²) in [5.41, 5.74) is 0.585. The Hall–Kier alpha value is -2.44. The molecule has 0 saturated heterocycles. The molecule has 0 aliphatic heterocycles. The van der Waals surface area contributed by atoms with Crippen LogP contribution in [0.4, 0.5) is 0 Å². The molecule has 1 aromatic carbocycles. The van der Waals surface area contributed by atoms with Gasteiger partial charge >= 0.3 is 0 Å². The number of ether oxygens (including phenoxy) is 1. The quantitative estimate of drug-likeness (QED) is 0.806. The molecule has 2 rings (SSSR count). The molecule has 1 N–H and O–H groups in total. The lowest BCUT2D eigenvalue weighted by molar-refractivity contribution is 0.0951. The lowest BCUT2D eigenvalue weighted by Crippen LogP contribution is -2.25. The van der Waals surface area contributed by atoms with E-state index >= 15 is 0 Å². The first kappa shape index (κ1) is 16.9. The predicted octanol–water partition coefficient (Wildman–Crippen LogP) is 2.05. The van der Waals surface area contributed by atoms with Crippen molar-refractivity contribution in [3.8, 4) is 5.75 Å². The summed E-state index contributed by atoms with van der Waals surface area (Å²) in [5.74, 6) is 1.75. The predicted molar refractivity (Wildman–Crippen MR) is 86.1 cm³/mol. The maximum Gasteiger partial charge on any atom is 0.251 e. The van der Waals surface area contributed by atoms with E-state index in [4.69, 9.17) is 4.74 Å². The fourth-order valence-corrected chi connectivity index (χ4v) is 2.02. The number of aromatic nitrogens is 4. The molecule has 1 amide bonds. The van der Waals surface area contributed by atoms with Gasteiger partial charge in [-0.05, 0) is 47.9 Å². The second kappa shape index (κ2) is 8.26. The van der Waals surface area contributed by atoms with Gasteiger partial charge in [-0.25, -0.2) is 4.68 Å². The molecule has 0 aliphatic carbocycles. The minimum absolute atomic E-state index is 0.0884. The average molecular weight is 317 g/mol. The van der Waals surface area contributed by atoms with Gasteiger partial charge in [-0.1, -0.05) is 19.9 Å². The molecule has 1 aromatic heterocycles. The molecule has 7 heteroatoms. The van der Waals surface area contributed by atoms with Crippen molar-refractivity contribution in [1.29, 1.82) is 0 Å². The third-order valence-electron chi connectivity index (χ3n) is 3.38. The maximum atomic E-state index is 12.1. The molecule has 23 heavy (non-hydrogen) atoms. The normalized spacial score (nSPS) is 10.8. The van der Waals surface area contributed by atoms with Crippen LogP contribution in [0.25, 0.3) is 0 Å². The zero-order chi connectivity index (χ0) is 16.7. The van der Waals surface area contributed by atoms with Crippen LogP contribution in [0.5, 0.6) is 5.75 Å². The molecule has 0 aliphatic rings. The van der Waals surface area contributed by atoms with E-state index in [1.54, 1.807) is 22.9 Å². The van der Waals surface area contributed by atoms with Crippen LogP contribution in [0.2, 0.25) is 0 Å². The maximum absolute atomic E-state index is 12.1. The second-order valence-corrected chi connectivity index (χ2v) is 5.67. The van der Waals surface area contributed by atoms with Crippen molar-refractivity contribution >= 4 is 5.91 Å². The number of amides is 1. The fourth-order valence-electron chi connectivity index (χ4n) is 2.02. The Balaban J connectivity index is 1.92. The summed E-state index contributed by atoms with van der Waals surface area (Å²) in [5, 5.41) is 14.3. The number of hydrogen-bond donors (Lipinski definition) is 1. The first-order valence-corrected chi connectivity index (χ1v) is 7.86. The highest BCUT2D eigenvalue weighted by Gasteiger charge is 2.09. The number of aryl methyl sites for hydroxylation is 1. The highest BCUT2D eigenvalue weighted by atomic mass is 16.5. The highest BCUT2D eigenvalue weighted by molar-refractivity contribution is 5.94. The molecule has 7 nitrogen and oxygen atoms in total. The van der Waals surface area contributed by atoms with Crippen molar-refractivity contribution in [2.45, 2.75) is 40.3 Å². The number of tetrazole rings is 1. The molecular formula is C16H23N5O2. The Morgan fingerprint density at radius 3 is 2.96 bits per heavy atom. The number of rotatable bonds is 8. The van der Waals surface area contributed by atoms with Crippen LogP contribution in [0.1, 0.15) is 43.4 Å². The van der Waals surface area contributed by atoms with E-state index in [-0.39, 0.29) is 12.5 Å². The van der Waals surface area contributed by atoms with Gasteiger partial charge in [-0.3, -0.25) is 4.79 Å². The van der Waals surface area contributed by atoms with E-state index in [0.29, 0.717) is 36.1 Å². The molecule has 1 heterocycles. The average Bonchev–Trinajstić information content (AvgIpc) is 3.00. The van der Waals surface area contributed by atoms with Crippen molar-refractivity contribution < 1.29 is 9.53 Å². The van der Waals surface area contributed by atoms with Gasteiger partial charge in [0.05, 0.1) is 0 Å². The van der Waals surface area contributed by atoms with E-state index in [2.05, 4.69) is 34.7 Å². The Kier molecular flexibility index (Phi) is 6.08. The topological polar surface area (TPSA) is 81.9 Å². The highest BCUT2D eigenvalue weighted by Crippen LogP contribution is 2.14. The molecular weight excluding hydrogens is 294 g/mol. The molecule has 0 atom stereocenters. The van der Waals surface area contributed by atoms with Crippen molar-refractivity contribution in [3.63, 3.8) is 0 Å². The van der Waals surface area contributed by atoms with Crippen LogP contribution in [0.3, 0.4) is 0 Å². The molecule has 0 bridgehead atoms. The molecule has 0 radical (unpaired) electrons. The SMILES string of the molecule is CCn1nnnc1COc1cccc(C(=O)NCCC(C)C)c1. The number of carbonyl (C=O) groups excluding carboxylic acids is 1. The summed E-state index contributed by atoms with van der Waals surface area (Å²) in [6.45, 7) is 7.84. The molecule has 0 saturated carbocycles. The van der Waals surface area contributed by atoms with Crippen molar-refractivity contribution in [2.75, 3.05) is 6.54 Å². The first-order chi connectivity index (χ1) is 11.1. The van der Waals surface area contributed by atoms with Crippen LogP contribution in [0, 0.1) is 5.92 Å². The van der Waals surface area contributed by atoms with E-state index in [9.17, 15) is 4.79 Å². The van der Waals surface area contributed by atoms with E-state index in [1.165, 1.54) is 0 Å². The van der Waals surface area contributed by atoms with E-state index < -0.39 is 0 Å².